The molecule has 0 aliphatic heterocycles. The Labute approximate surface area is 141 Å². The van der Waals surface area contributed by atoms with Gasteiger partial charge in [-0.25, -0.2) is 9.78 Å². The maximum atomic E-state index is 12.2. The number of aromatic nitrogens is 4. The summed E-state index contributed by atoms with van der Waals surface area (Å²) in [5.74, 6) is 0. The van der Waals surface area contributed by atoms with Crippen LogP contribution in [0.1, 0.15) is 25.3 Å². The van der Waals surface area contributed by atoms with E-state index < -0.39 is 0 Å². The van der Waals surface area contributed by atoms with Crippen molar-refractivity contribution in [1.82, 2.24) is 19.5 Å². The van der Waals surface area contributed by atoms with Gasteiger partial charge in [-0.05, 0) is 24.1 Å². The first-order chi connectivity index (χ1) is 11.2. The van der Waals surface area contributed by atoms with Gasteiger partial charge in [-0.1, -0.05) is 41.4 Å². The van der Waals surface area contributed by atoms with Gasteiger partial charge in [0.15, 0.2) is 5.65 Å². The number of halogens is 1. The van der Waals surface area contributed by atoms with Crippen LogP contribution < -0.4 is 10.4 Å². The van der Waals surface area contributed by atoms with Crippen molar-refractivity contribution in [3.63, 3.8) is 0 Å². The second-order valence-corrected chi connectivity index (χ2v) is 6.15. The predicted octanol–water partition coefficient (Wildman–Crippen LogP) is 3.11. The smallest absolute Gasteiger partial charge is 0.328 e. The third-order valence-electron chi connectivity index (χ3n) is 3.47. The van der Waals surface area contributed by atoms with E-state index in [4.69, 9.17) is 4.74 Å². The summed E-state index contributed by atoms with van der Waals surface area (Å²) >= 11 is 3.41. The summed E-state index contributed by atoms with van der Waals surface area (Å²) in [6, 6.07) is 8.13. The first kappa shape index (κ1) is 15.7. The maximum absolute atomic E-state index is 12.2. The van der Waals surface area contributed by atoms with Gasteiger partial charge < -0.3 is 9.72 Å². The van der Waals surface area contributed by atoms with Crippen LogP contribution in [-0.2, 0) is 6.54 Å². The zero-order valence-corrected chi connectivity index (χ0v) is 14.3. The highest BCUT2D eigenvalue weighted by molar-refractivity contribution is 9.10. The molecule has 0 saturated carbocycles. The number of nitrogens with zero attached hydrogens (tertiary/aromatic N) is 3. The molecule has 2 heterocycles. The van der Waals surface area contributed by atoms with E-state index in [1.165, 1.54) is 0 Å². The molecule has 1 N–H and O–H groups in total. The molecule has 0 aliphatic rings. The lowest BCUT2D eigenvalue weighted by molar-refractivity contribution is 0.286. The lowest BCUT2D eigenvalue weighted by Gasteiger charge is -2.05. The molecule has 0 aliphatic carbocycles. The molecular weight excluding hydrogens is 360 g/mol. The normalized spacial score (nSPS) is 11.0. The van der Waals surface area contributed by atoms with Gasteiger partial charge in [-0.2, -0.15) is 4.98 Å². The second kappa shape index (κ2) is 6.95. The summed E-state index contributed by atoms with van der Waals surface area (Å²) in [5.41, 5.74) is 1.97. The topological polar surface area (TPSA) is 72.8 Å². The minimum atomic E-state index is -0.206. The first-order valence-corrected chi connectivity index (χ1v) is 8.29. The summed E-state index contributed by atoms with van der Waals surface area (Å²) in [5, 5.41) is 0. The molecule has 0 atom stereocenters. The fourth-order valence-electron chi connectivity index (χ4n) is 2.23. The van der Waals surface area contributed by atoms with Crippen molar-refractivity contribution in [3.05, 3.63) is 51.0 Å². The van der Waals surface area contributed by atoms with Crippen LogP contribution in [-0.4, -0.2) is 26.1 Å². The largest absolute Gasteiger partial charge is 0.463 e. The molecule has 0 amide bonds. The number of H-pyrrole nitrogens is 1. The van der Waals surface area contributed by atoms with Crippen molar-refractivity contribution in [2.24, 2.45) is 0 Å². The number of imidazole rings is 1. The molecule has 3 rings (SSSR count). The summed E-state index contributed by atoms with van der Waals surface area (Å²) in [6.07, 6.45) is 3.57. The Morgan fingerprint density at radius 3 is 2.83 bits per heavy atom. The maximum Gasteiger partial charge on any atom is 0.328 e. The van der Waals surface area contributed by atoms with Crippen molar-refractivity contribution < 1.29 is 4.74 Å². The molecule has 0 bridgehead atoms. The second-order valence-electron chi connectivity index (χ2n) is 5.23. The molecule has 0 fully saturated rings. The van der Waals surface area contributed by atoms with Crippen LogP contribution in [0.3, 0.4) is 0 Å². The van der Waals surface area contributed by atoms with Gasteiger partial charge in [0.1, 0.15) is 5.52 Å². The van der Waals surface area contributed by atoms with Crippen LogP contribution in [0.2, 0.25) is 0 Å². The molecule has 1 aromatic carbocycles. The Morgan fingerprint density at radius 1 is 1.30 bits per heavy atom. The van der Waals surface area contributed by atoms with Crippen molar-refractivity contribution >= 4 is 27.1 Å². The summed E-state index contributed by atoms with van der Waals surface area (Å²) in [4.78, 5) is 23.4. The van der Waals surface area contributed by atoms with Gasteiger partial charge in [0.2, 0.25) is 0 Å². The molecule has 120 valence electrons. The molecule has 0 radical (unpaired) electrons. The molecule has 0 spiro atoms. The Bertz CT molecular complexity index is 855. The third-order valence-corrected chi connectivity index (χ3v) is 4.00. The van der Waals surface area contributed by atoms with Crippen LogP contribution in [0.15, 0.2) is 39.7 Å². The van der Waals surface area contributed by atoms with Gasteiger partial charge in [0.05, 0.1) is 19.3 Å². The lowest BCUT2D eigenvalue weighted by atomic mass is 10.2. The summed E-state index contributed by atoms with van der Waals surface area (Å²) < 4.78 is 8.12. The highest BCUT2D eigenvalue weighted by Gasteiger charge is 2.11. The average Bonchev–Trinajstić information content (AvgIpc) is 2.85. The van der Waals surface area contributed by atoms with Crippen LogP contribution in [0.4, 0.5) is 0 Å². The first-order valence-electron chi connectivity index (χ1n) is 7.50. The van der Waals surface area contributed by atoms with E-state index >= 15 is 0 Å². The molecule has 7 heteroatoms. The number of benzene rings is 1. The molecular formula is C16H17BrN4O2. The Kier molecular flexibility index (Phi) is 4.76. The monoisotopic (exact) mass is 376 g/mol. The van der Waals surface area contributed by atoms with Gasteiger partial charge in [-0.3, -0.25) is 4.57 Å². The average molecular weight is 377 g/mol. The van der Waals surface area contributed by atoms with Crippen LogP contribution in [0.5, 0.6) is 6.01 Å². The lowest BCUT2D eigenvalue weighted by Crippen LogP contribution is -2.17. The third kappa shape index (κ3) is 3.61. The predicted molar refractivity (Wildman–Crippen MR) is 91.8 cm³/mol. The molecule has 2 aromatic heterocycles. The standard InChI is InChI=1S/C16H17BrN4O2/c1-2-3-8-23-15-18-9-13-14(20-15)21(16(22)19-13)10-11-4-6-12(17)7-5-11/h4-7,9H,2-3,8,10H2,1H3,(H,19,22). The van der Waals surface area contributed by atoms with E-state index in [1.54, 1.807) is 10.8 Å². The number of hydrogen-bond donors (Lipinski definition) is 1. The Morgan fingerprint density at radius 2 is 2.09 bits per heavy atom. The summed E-state index contributed by atoms with van der Waals surface area (Å²) in [6.45, 7) is 3.11. The van der Waals surface area contributed by atoms with Crippen molar-refractivity contribution in [2.45, 2.75) is 26.3 Å². The van der Waals surface area contributed by atoms with Crippen LogP contribution in [0.25, 0.3) is 11.2 Å². The Hall–Kier alpha value is -2.15. The minimum Gasteiger partial charge on any atom is -0.463 e. The highest BCUT2D eigenvalue weighted by atomic mass is 79.9. The van der Waals surface area contributed by atoms with Crippen LogP contribution in [0, 0.1) is 0 Å². The van der Waals surface area contributed by atoms with E-state index in [9.17, 15) is 4.79 Å². The van der Waals surface area contributed by atoms with E-state index in [0.717, 1.165) is 22.9 Å². The van der Waals surface area contributed by atoms with Gasteiger partial charge in [0, 0.05) is 4.47 Å². The molecule has 6 nitrogen and oxygen atoms in total. The highest BCUT2D eigenvalue weighted by Crippen LogP contribution is 2.14. The number of ether oxygens (including phenoxy) is 1. The number of nitrogens with one attached hydrogen (secondary N) is 1. The molecule has 0 unspecified atom stereocenters. The van der Waals surface area contributed by atoms with Crippen molar-refractivity contribution in [1.29, 1.82) is 0 Å². The molecule has 23 heavy (non-hydrogen) atoms. The Balaban J connectivity index is 1.91. The van der Waals surface area contributed by atoms with Crippen molar-refractivity contribution in [2.75, 3.05) is 6.61 Å². The zero-order chi connectivity index (χ0) is 16.2. The zero-order valence-electron chi connectivity index (χ0n) is 12.8. The van der Waals surface area contributed by atoms with Gasteiger partial charge in [-0.15, -0.1) is 0 Å². The fraction of sp³-hybridized carbons (Fsp3) is 0.312. The number of rotatable bonds is 6. The van der Waals surface area contributed by atoms with E-state index in [1.807, 2.05) is 24.3 Å². The van der Waals surface area contributed by atoms with Gasteiger partial charge >= 0.3 is 11.7 Å². The van der Waals surface area contributed by atoms with Crippen LogP contribution >= 0.6 is 15.9 Å². The molecule has 0 saturated heterocycles. The van der Waals surface area contributed by atoms with Crippen molar-refractivity contribution in [3.8, 4) is 6.01 Å². The van der Waals surface area contributed by atoms with E-state index in [-0.39, 0.29) is 5.69 Å². The molecule has 3 aromatic rings. The number of unbranched alkanes of at least 4 members (excludes halogenated alkanes) is 1. The van der Waals surface area contributed by atoms with E-state index in [2.05, 4.69) is 37.8 Å². The quantitative estimate of drug-likeness (QED) is 0.670. The van der Waals surface area contributed by atoms with E-state index in [0.29, 0.717) is 30.3 Å². The minimum absolute atomic E-state index is 0.206. The summed E-state index contributed by atoms with van der Waals surface area (Å²) in [7, 11) is 0. The SMILES string of the molecule is CCCCOc1ncc2[nH]c(=O)n(Cc3ccc(Br)cc3)c2n1. The van der Waals surface area contributed by atoms with Gasteiger partial charge in [0.25, 0.3) is 0 Å². The number of hydrogen-bond acceptors (Lipinski definition) is 4. The number of fused-ring (bicyclic) bond motifs is 1. The fourth-order valence-corrected chi connectivity index (χ4v) is 2.49. The number of aromatic amines is 1.